The fraction of sp³-hybridized carbons (Fsp3) is 0.400. The monoisotopic (exact) mass is 305 g/mol. The van der Waals surface area contributed by atoms with E-state index in [2.05, 4.69) is 10.3 Å². The molecule has 6 heteroatoms. The zero-order chi connectivity index (χ0) is 15.6. The topological polar surface area (TPSA) is 64.0 Å². The Morgan fingerprint density at radius 2 is 2.19 bits per heavy atom. The number of aromatic nitrogens is 2. The van der Waals surface area contributed by atoms with Crippen LogP contribution in [0.1, 0.15) is 46.0 Å². The molecule has 0 aliphatic carbocycles. The van der Waals surface area contributed by atoms with Gasteiger partial charge in [-0.1, -0.05) is 6.92 Å². The van der Waals surface area contributed by atoms with Crippen molar-refractivity contribution >= 4 is 17.2 Å². The first-order chi connectivity index (χ1) is 9.95. The average molecular weight is 305 g/mol. The van der Waals surface area contributed by atoms with E-state index in [1.807, 2.05) is 26.2 Å². The number of hydrogen-bond acceptors (Lipinski definition) is 4. The lowest BCUT2D eigenvalue weighted by Crippen LogP contribution is -2.35. The van der Waals surface area contributed by atoms with E-state index in [4.69, 9.17) is 0 Å². The van der Waals surface area contributed by atoms with Gasteiger partial charge in [-0.2, -0.15) is 0 Å². The van der Waals surface area contributed by atoms with Crippen LogP contribution in [0.4, 0.5) is 0 Å². The van der Waals surface area contributed by atoms with Crippen molar-refractivity contribution < 1.29 is 4.79 Å². The Morgan fingerprint density at radius 3 is 2.76 bits per heavy atom. The molecule has 0 spiro atoms. The van der Waals surface area contributed by atoms with Gasteiger partial charge in [0.25, 0.3) is 11.5 Å². The summed E-state index contributed by atoms with van der Waals surface area (Å²) in [6.45, 7) is 5.73. The molecule has 0 aliphatic rings. The minimum Gasteiger partial charge on any atom is -0.343 e. The van der Waals surface area contributed by atoms with Crippen molar-refractivity contribution in [1.82, 2.24) is 14.9 Å². The van der Waals surface area contributed by atoms with Crippen molar-refractivity contribution in [2.45, 2.75) is 33.2 Å². The highest BCUT2D eigenvalue weighted by Crippen LogP contribution is 2.19. The van der Waals surface area contributed by atoms with E-state index >= 15 is 0 Å². The summed E-state index contributed by atoms with van der Waals surface area (Å²) in [5, 5.41) is 5.62. The molecule has 2 aromatic rings. The van der Waals surface area contributed by atoms with Crippen LogP contribution in [-0.4, -0.2) is 15.5 Å². The Morgan fingerprint density at radius 1 is 1.48 bits per heavy atom. The minimum absolute atomic E-state index is 0.163. The standard InChI is InChI=1S/C15H19N3O2S/c1-5-12(14-16-6-7-21-14)17-13(19)11-8-9(2)10(3)18(4)15(11)20/h6-8,12H,5H2,1-4H3,(H,17,19). The second-order valence-electron chi connectivity index (χ2n) is 5.00. The van der Waals surface area contributed by atoms with Crippen molar-refractivity contribution in [2.75, 3.05) is 0 Å². The number of nitrogens with zero attached hydrogens (tertiary/aromatic N) is 2. The highest BCUT2D eigenvalue weighted by Gasteiger charge is 2.19. The Bertz CT molecular complexity index is 704. The number of aryl methyl sites for hydroxylation is 1. The number of carbonyl (C=O) groups is 1. The zero-order valence-electron chi connectivity index (χ0n) is 12.6. The molecule has 0 radical (unpaired) electrons. The molecule has 21 heavy (non-hydrogen) atoms. The van der Waals surface area contributed by atoms with Gasteiger partial charge in [0.15, 0.2) is 0 Å². The summed E-state index contributed by atoms with van der Waals surface area (Å²) in [6, 6.07) is 1.49. The summed E-state index contributed by atoms with van der Waals surface area (Å²) in [6.07, 6.45) is 2.44. The largest absolute Gasteiger partial charge is 0.343 e. The molecule has 0 aromatic carbocycles. The fourth-order valence-corrected chi connectivity index (χ4v) is 2.90. The molecule has 1 unspecified atom stereocenters. The zero-order valence-corrected chi connectivity index (χ0v) is 13.5. The maximum atomic E-state index is 12.4. The molecule has 1 N–H and O–H groups in total. The van der Waals surface area contributed by atoms with Crippen LogP contribution in [0, 0.1) is 13.8 Å². The first-order valence-electron chi connectivity index (χ1n) is 6.83. The number of pyridine rings is 1. The van der Waals surface area contributed by atoms with Gasteiger partial charge in [0.2, 0.25) is 0 Å². The van der Waals surface area contributed by atoms with Crippen molar-refractivity contribution in [3.63, 3.8) is 0 Å². The quantitative estimate of drug-likeness (QED) is 0.943. The molecular weight excluding hydrogens is 286 g/mol. The van der Waals surface area contributed by atoms with Crippen LogP contribution >= 0.6 is 11.3 Å². The third kappa shape index (κ3) is 3.05. The lowest BCUT2D eigenvalue weighted by atomic mass is 10.1. The van der Waals surface area contributed by atoms with Crippen LogP contribution in [0.2, 0.25) is 0 Å². The average Bonchev–Trinajstić information content (AvgIpc) is 3.00. The van der Waals surface area contributed by atoms with Crippen LogP contribution in [0.5, 0.6) is 0 Å². The summed E-state index contributed by atoms with van der Waals surface area (Å²) in [4.78, 5) is 28.9. The highest BCUT2D eigenvalue weighted by atomic mass is 32.1. The van der Waals surface area contributed by atoms with E-state index < -0.39 is 0 Å². The molecule has 2 aromatic heterocycles. The molecule has 0 aliphatic heterocycles. The molecule has 1 amide bonds. The number of carbonyl (C=O) groups excluding carboxylic acids is 1. The smallest absolute Gasteiger partial charge is 0.263 e. The Labute approximate surface area is 127 Å². The maximum Gasteiger partial charge on any atom is 0.263 e. The van der Waals surface area contributed by atoms with Crippen LogP contribution in [0.25, 0.3) is 0 Å². The van der Waals surface area contributed by atoms with Gasteiger partial charge in [-0.25, -0.2) is 4.98 Å². The predicted octanol–water partition coefficient (Wildman–Crippen LogP) is 2.34. The maximum absolute atomic E-state index is 12.4. The van der Waals surface area contributed by atoms with Crippen molar-refractivity contribution in [2.24, 2.45) is 7.05 Å². The van der Waals surface area contributed by atoms with Crippen LogP contribution in [0.3, 0.4) is 0 Å². The summed E-state index contributed by atoms with van der Waals surface area (Å²) in [7, 11) is 1.68. The molecule has 0 fully saturated rings. The molecule has 2 rings (SSSR count). The Kier molecular flexibility index (Phi) is 4.57. The second-order valence-corrected chi connectivity index (χ2v) is 5.92. The molecule has 1 atom stereocenters. The summed E-state index contributed by atoms with van der Waals surface area (Å²) in [5.74, 6) is -0.347. The number of hydrogen-bond donors (Lipinski definition) is 1. The lowest BCUT2D eigenvalue weighted by molar-refractivity contribution is 0.0933. The molecule has 0 bridgehead atoms. The first-order valence-corrected chi connectivity index (χ1v) is 7.71. The van der Waals surface area contributed by atoms with Crippen LogP contribution < -0.4 is 10.9 Å². The van der Waals surface area contributed by atoms with Gasteiger partial charge >= 0.3 is 0 Å². The molecule has 5 nitrogen and oxygen atoms in total. The van der Waals surface area contributed by atoms with Crippen molar-refractivity contribution in [3.8, 4) is 0 Å². The van der Waals surface area contributed by atoms with Gasteiger partial charge in [0, 0.05) is 24.3 Å². The van der Waals surface area contributed by atoms with E-state index in [-0.39, 0.29) is 23.1 Å². The summed E-state index contributed by atoms with van der Waals surface area (Å²) < 4.78 is 1.51. The molecule has 0 saturated carbocycles. The number of rotatable bonds is 4. The lowest BCUT2D eigenvalue weighted by Gasteiger charge is -2.15. The van der Waals surface area contributed by atoms with Gasteiger partial charge in [0.1, 0.15) is 10.6 Å². The Hall–Kier alpha value is -1.95. The van der Waals surface area contributed by atoms with Gasteiger partial charge < -0.3 is 9.88 Å². The van der Waals surface area contributed by atoms with E-state index in [1.54, 1.807) is 19.3 Å². The van der Waals surface area contributed by atoms with Gasteiger partial charge in [-0.15, -0.1) is 11.3 Å². The molecule has 0 saturated heterocycles. The molecule has 112 valence electrons. The van der Waals surface area contributed by atoms with E-state index in [9.17, 15) is 9.59 Å². The van der Waals surface area contributed by atoms with Crippen molar-refractivity contribution in [3.05, 3.63) is 49.8 Å². The fourth-order valence-electron chi connectivity index (χ4n) is 2.12. The van der Waals surface area contributed by atoms with E-state index in [1.165, 1.54) is 15.9 Å². The number of amides is 1. The third-order valence-electron chi connectivity index (χ3n) is 3.68. The van der Waals surface area contributed by atoms with Crippen molar-refractivity contribution in [1.29, 1.82) is 0 Å². The molecular formula is C15H19N3O2S. The highest BCUT2D eigenvalue weighted by molar-refractivity contribution is 7.09. The minimum atomic E-state index is -0.347. The van der Waals surface area contributed by atoms with Crippen LogP contribution in [0.15, 0.2) is 22.4 Å². The first kappa shape index (κ1) is 15.4. The van der Waals surface area contributed by atoms with Gasteiger partial charge in [0.05, 0.1) is 6.04 Å². The summed E-state index contributed by atoms with van der Waals surface area (Å²) >= 11 is 1.50. The normalized spacial score (nSPS) is 12.2. The Balaban J connectivity index is 2.31. The van der Waals surface area contributed by atoms with Gasteiger partial charge in [-0.05, 0) is 31.9 Å². The number of thiazole rings is 1. The third-order valence-corrected chi connectivity index (χ3v) is 4.57. The number of nitrogens with one attached hydrogen (secondary N) is 1. The predicted molar refractivity (Wildman–Crippen MR) is 83.8 cm³/mol. The SMILES string of the molecule is CCC(NC(=O)c1cc(C)c(C)n(C)c1=O)c1nccs1. The molecule has 2 heterocycles. The van der Waals surface area contributed by atoms with E-state index in [0.29, 0.717) is 0 Å². The van der Waals surface area contributed by atoms with Gasteiger partial charge in [-0.3, -0.25) is 9.59 Å². The van der Waals surface area contributed by atoms with E-state index in [0.717, 1.165) is 22.7 Å². The summed E-state index contributed by atoms with van der Waals surface area (Å²) in [5.41, 5.74) is 1.69. The van der Waals surface area contributed by atoms with Crippen LogP contribution in [-0.2, 0) is 7.05 Å². The second kappa shape index (κ2) is 6.22.